The van der Waals surface area contributed by atoms with Crippen LogP contribution in [0, 0.1) is 0 Å². The zero-order valence-corrected chi connectivity index (χ0v) is 9.65. The first-order valence-corrected chi connectivity index (χ1v) is 6.11. The Morgan fingerprint density at radius 2 is 2.29 bits per heavy atom. The number of hydroxylamine groups is 1. The van der Waals surface area contributed by atoms with Crippen LogP contribution >= 0.6 is 0 Å². The molecule has 0 aromatic heterocycles. The third-order valence-electron chi connectivity index (χ3n) is 3.90. The maximum atomic E-state index is 11.4. The SMILES string of the molecule is O=C(NO)c1ccc2c(c1)CCN1CCC[C@@H]21. The summed E-state index contributed by atoms with van der Waals surface area (Å²) < 4.78 is 0. The van der Waals surface area contributed by atoms with Crippen molar-refractivity contribution < 1.29 is 10.0 Å². The van der Waals surface area contributed by atoms with Gasteiger partial charge in [0.15, 0.2) is 0 Å². The fraction of sp³-hybridized carbons (Fsp3) is 0.462. The molecule has 0 bridgehead atoms. The molecule has 2 aliphatic heterocycles. The highest BCUT2D eigenvalue weighted by atomic mass is 16.5. The topological polar surface area (TPSA) is 52.6 Å². The molecule has 2 aliphatic rings. The first-order valence-electron chi connectivity index (χ1n) is 6.11. The number of nitrogens with one attached hydrogen (secondary N) is 1. The molecule has 1 fully saturated rings. The van der Waals surface area contributed by atoms with Crippen LogP contribution in [0.2, 0.25) is 0 Å². The van der Waals surface area contributed by atoms with Crippen LogP contribution in [0.3, 0.4) is 0 Å². The van der Waals surface area contributed by atoms with E-state index in [0.29, 0.717) is 11.6 Å². The normalized spacial score (nSPS) is 23.0. The van der Waals surface area contributed by atoms with Gasteiger partial charge in [-0.3, -0.25) is 14.9 Å². The number of hydrogen-bond donors (Lipinski definition) is 2. The maximum absolute atomic E-state index is 11.4. The molecular formula is C13H16N2O2. The van der Waals surface area contributed by atoms with Crippen LogP contribution in [-0.2, 0) is 6.42 Å². The summed E-state index contributed by atoms with van der Waals surface area (Å²) >= 11 is 0. The second-order valence-electron chi connectivity index (χ2n) is 4.80. The van der Waals surface area contributed by atoms with Gasteiger partial charge in [0.1, 0.15) is 0 Å². The second-order valence-corrected chi connectivity index (χ2v) is 4.80. The van der Waals surface area contributed by atoms with Crippen LogP contribution in [0.25, 0.3) is 0 Å². The summed E-state index contributed by atoms with van der Waals surface area (Å²) in [6.07, 6.45) is 3.49. The quantitative estimate of drug-likeness (QED) is 0.570. The lowest BCUT2D eigenvalue weighted by Gasteiger charge is -2.32. The van der Waals surface area contributed by atoms with E-state index in [-0.39, 0.29) is 0 Å². The molecule has 0 spiro atoms. The predicted molar refractivity (Wildman–Crippen MR) is 62.9 cm³/mol. The maximum Gasteiger partial charge on any atom is 0.274 e. The van der Waals surface area contributed by atoms with Crippen molar-refractivity contribution >= 4 is 5.91 Å². The average Bonchev–Trinajstić information content (AvgIpc) is 2.85. The molecule has 0 unspecified atom stereocenters. The first-order chi connectivity index (χ1) is 8.29. The number of carbonyl (C=O) groups is 1. The number of nitrogens with zero attached hydrogens (tertiary/aromatic N) is 1. The number of rotatable bonds is 1. The van der Waals surface area contributed by atoms with E-state index in [9.17, 15) is 4.79 Å². The van der Waals surface area contributed by atoms with Gasteiger partial charge in [0.2, 0.25) is 0 Å². The summed E-state index contributed by atoms with van der Waals surface area (Å²) in [5.74, 6) is -0.429. The molecule has 4 nitrogen and oxygen atoms in total. The van der Waals surface area contributed by atoms with Crippen LogP contribution in [0.5, 0.6) is 0 Å². The van der Waals surface area contributed by atoms with Crippen molar-refractivity contribution in [2.24, 2.45) is 0 Å². The molecule has 1 saturated heterocycles. The highest BCUT2D eigenvalue weighted by Crippen LogP contribution is 2.37. The van der Waals surface area contributed by atoms with E-state index >= 15 is 0 Å². The Balaban J connectivity index is 1.97. The Kier molecular flexibility index (Phi) is 2.61. The molecule has 1 atom stereocenters. The summed E-state index contributed by atoms with van der Waals surface area (Å²) in [5.41, 5.74) is 4.85. The molecule has 2 heterocycles. The Morgan fingerprint density at radius 1 is 1.41 bits per heavy atom. The van der Waals surface area contributed by atoms with E-state index in [0.717, 1.165) is 13.0 Å². The molecule has 0 radical (unpaired) electrons. The van der Waals surface area contributed by atoms with E-state index in [4.69, 9.17) is 5.21 Å². The van der Waals surface area contributed by atoms with Crippen LogP contribution in [0.4, 0.5) is 0 Å². The van der Waals surface area contributed by atoms with Crippen LogP contribution in [-0.4, -0.2) is 29.1 Å². The van der Waals surface area contributed by atoms with Gasteiger partial charge in [-0.05, 0) is 49.1 Å². The Hall–Kier alpha value is -1.39. The Morgan fingerprint density at radius 3 is 3.12 bits per heavy atom. The number of hydrogen-bond acceptors (Lipinski definition) is 3. The summed E-state index contributed by atoms with van der Waals surface area (Å²) in [6.45, 7) is 2.28. The molecule has 0 aliphatic carbocycles. The van der Waals surface area contributed by atoms with Gasteiger partial charge in [-0.2, -0.15) is 0 Å². The van der Waals surface area contributed by atoms with Crippen molar-refractivity contribution in [3.63, 3.8) is 0 Å². The fourth-order valence-corrected chi connectivity index (χ4v) is 3.06. The molecule has 1 amide bonds. The van der Waals surface area contributed by atoms with E-state index in [1.807, 2.05) is 12.1 Å². The second kappa shape index (κ2) is 4.13. The minimum atomic E-state index is -0.429. The molecule has 90 valence electrons. The molecule has 2 N–H and O–H groups in total. The summed E-state index contributed by atoms with van der Waals surface area (Å²) in [6, 6.07) is 6.30. The van der Waals surface area contributed by atoms with Gasteiger partial charge in [-0.1, -0.05) is 6.07 Å². The van der Waals surface area contributed by atoms with Crippen LogP contribution in [0.1, 0.15) is 40.4 Å². The molecule has 4 heteroatoms. The van der Waals surface area contributed by atoms with Crippen LogP contribution < -0.4 is 5.48 Å². The third-order valence-corrected chi connectivity index (χ3v) is 3.90. The molecule has 1 aromatic rings. The predicted octanol–water partition coefficient (Wildman–Crippen LogP) is 1.50. The van der Waals surface area contributed by atoms with Crippen LogP contribution in [0.15, 0.2) is 18.2 Å². The van der Waals surface area contributed by atoms with Crippen molar-refractivity contribution in [3.8, 4) is 0 Å². The van der Waals surface area contributed by atoms with Crippen molar-refractivity contribution in [1.29, 1.82) is 0 Å². The zero-order valence-electron chi connectivity index (χ0n) is 9.65. The summed E-state index contributed by atoms with van der Waals surface area (Å²) in [4.78, 5) is 13.9. The van der Waals surface area contributed by atoms with E-state index in [1.54, 1.807) is 11.5 Å². The van der Waals surface area contributed by atoms with Gasteiger partial charge in [0.05, 0.1) is 0 Å². The molecule has 0 saturated carbocycles. The molecule has 17 heavy (non-hydrogen) atoms. The van der Waals surface area contributed by atoms with Gasteiger partial charge in [-0.15, -0.1) is 0 Å². The lowest BCUT2D eigenvalue weighted by molar-refractivity contribution is 0.0706. The Labute approximate surface area is 100 Å². The summed E-state index contributed by atoms with van der Waals surface area (Å²) in [5, 5.41) is 8.63. The number of fused-ring (bicyclic) bond motifs is 3. The largest absolute Gasteiger partial charge is 0.296 e. The molecular weight excluding hydrogens is 216 g/mol. The average molecular weight is 232 g/mol. The van der Waals surface area contributed by atoms with Crippen molar-refractivity contribution in [2.45, 2.75) is 25.3 Å². The third kappa shape index (κ3) is 1.73. The molecule has 1 aromatic carbocycles. The van der Waals surface area contributed by atoms with Crippen molar-refractivity contribution in [3.05, 3.63) is 34.9 Å². The monoisotopic (exact) mass is 232 g/mol. The van der Waals surface area contributed by atoms with Crippen molar-refractivity contribution in [1.82, 2.24) is 10.4 Å². The van der Waals surface area contributed by atoms with Crippen molar-refractivity contribution in [2.75, 3.05) is 13.1 Å². The minimum absolute atomic E-state index is 0.429. The lowest BCUT2D eigenvalue weighted by atomic mass is 9.91. The van der Waals surface area contributed by atoms with Gasteiger partial charge >= 0.3 is 0 Å². The highest BCUT2D eigenvalue weighted by molar-refractivity contribution is 5.93. The lowest BCUT2D eigenvalue weighted by Crippen LogP contribution is -2.31. The standard InChI is InChI=1S/C13H16N2O2/c16-13(14-17)10-3-4-11-9(8-10)5-7-15-6-1-2-12(11)15/h3-4,8,12,17H,1-2,5-7H2,(H,14,16)/t12-/m0/s1. The number of carbonyl (C=O) groups excluding carboxylic acids is 1. The smallest absolute Gasteiger partial charge is 0.274 e. The van der Waals surface area contributed by atoms with E-state index < -0.39 is 5.91 Å². The van der Waals surface area contributed by atoms with Gasteiger partial charge in [-0.25, -0.2) is 5.48 Å². The van der Waals surface area contributed by atoms with Gasteiger partial charge in [0, 0.05) is 18.2 Å². The zero-order chi connectivity index (χ0) is 11.8. The Bertz CT molecular complexity index is 459. The summed E-state index contributed by atoms with van der Waals surface area (Å²) in [7, 11) is 0. The number of amides is 1. The van der Waals surface area contributed by atoms with E-state index in [2.05, 4.69) is 4.90 Å². The number of benzene rings is 1. The minimum Gasteiger partial charge on any atom is -0.296 e. The van der Waals surface area contributed by atoms with E-state index in [1.165, 1.54) is 30.5 Å². The fourth-order valence-electron chi connectivity index (χ4n) is 3.06. The molecule has 3 rings (SSSR count). The van der Waals surface area contributed by atoms with Gasteiger partial charge < -0.3 is 0 Å². The van der Waals surface area contributed by atoms with Gasteiger partial charge in [0.25, 0.3) is 5.91 Å². The highest BCUT2D eigenvalue weighted by Gasteiger charge is 2.31. The first kappa shape index (κ1) is 10.7.